The minimum atomic E-state index is 0.552. The maximum absolute atomic E-state index is 6.02. The number of nitrogens with two attached hydrogens (primary N) is 1. The van der Waals surface area contributed by atoms with Gasteiger partial charge in [0.1, 0.15) is 5.82 Å². The molecule has 100 valence electrons. The summed E-state index contributed by atoms with van der Waals surface area (Å²) in [5.41, 5.74) is 6.84. The van der Waals surface area contributed by atoms with Crippen LogP contribution in [-0.4, -0.2) is 11.0 Å². The fourth-order valence-electron chi connectivity index (χ4n) is 2.94. The molecule has 0 aliphatic heterocycles. The monoisotopic (exact) mass is 255 g/mol. The molecule has 0 atom stereocenters. The summed E-state index contributed by atoms with van der Waals surface area (Å²) in [6.07, 6.45) is 6.94. The number of hydrogen-bond acceptors (Lipinski definition) is 3. The highest BCUT2D eigenvalue weighted by molar-refractivity contribution is 5.99. The van der Waals surface area contributed by atoms with Gasteiger partial charge >= 0.3 is 0 Å². The van der Waals surface area contributed by atoms with E-state index in [1.54, 1.807) is 0 Å². The molecule has 0 amide bonds. The first kappa shape index (κ1) is 12.3. The predicted molar refractivity (Wildman–Crippen MR) is 81.2 cm³/mol. The third-order valence-electron chi connectivity index (χ3n) is 4.20. The Morgan fingerprint density at radius 2 is 1.89 bits per heavy atom. The second-order valence-corrected chi connectivity index (χ2v) is 5.70. The summed E-state index contributed by atoms with van der Waals surface area (Å²) < 4.78 is 0. The molecule has 1 aromatic carbocycles. The van der Waals surface area contributed by atoms with Gasteiger partial charge in [-0.3, -0.25) is 0 Å². The van der Waals surface area contributed by atoms with E-state index in [1.165, 1.54) is 25.7 Å². The Labute approximate surface area is 114 Å². The van der Waals surface area contributed by atoms with Crippen molar-refractivity contribution in [3.63, 3.8) is 0 Å². The summed E-state index contributed by atoms with van der Waals surface area (Å²) in [6.45, 7) is 2.34. The molecule has 1 heterocycles. The number of hydrogen-bond donors (Lipinski definition) is 2. The molecule has 3 heteroatoms. The van der Waals surface area contributed by atoms with Crippen LogP contribution in [0.3, 0.4) is 0 Å². The van der Waals surface area contributed by atoms with E-state index in [2.05, 4.69) is 23.3 Å². The first-order valence-electron chi connectivity index (χ1n) is 7.14. The van der Waals surface area contributed by atoms with Crippen LogP contribution in [0.4, 0.5) is 11.5 Å². The van der Waals surface area contributed by atoms with Crippen molar-refractivity contribution >= 4 is 22.3 Å². The van der Waals surface area contributed by atoms with Crippen LogP contribution >= 0.6 is 0 Å². The molecule has 0 radical (unpaired) electrons. The van der Waals surface area contributed by atoms with Crippen molar-refractivity contribution in [2.24, 2.45) is 5.92 Å². The Morgan fingerprint density at radius 1 is 1.11 bits per heavy atom. The molecule has 3 N–H and O–H groups in total. The first-order chi connectivity index (χ1) is 9.24. The van der Waals surface area contributed by atoms with Gasteiger partial charge < -0.3 is 11.1 Å². The van der Waals surface area contributed by atoms with Crippen LogP contribution in [0.1, 0.15) is 32.6 Å². The Kier molecular flexibility index (Phi) is 3.28. The van der Waals surface area contributed by atoms with Gasteiger partial charge in [-0.15, -0.1) is 0 Å². The van der Waals surface area contributed by atoms with Crippen LogP contribution in [0, 0.1) is 5.92 Å². The third-order valence-corrected chi connectivity index (χ3v) is 4.20. The Hall–Kier alpha value is -1.77. The van der Waals surface area contributed by atoms with Crippen molar-refractivity contribution in [3.8, 4) is 0 Å². The summed E-state index contributed by atoms with van der Waals surface area (Å²) >= 11 is 0. The van der Waals surface area contributed by atoms with E-state index in [0.717, 1.165) is 28.2 Å². The average Bonchev–Trinajstić information content (AvgIpc) is 2.43. The van der Waals surface area contributed by atoms with Crippen molar-refractivity contribution in [1.82, 2.24) is 4.98 Å². The van der Waals surface area contributed by atoms with Gasteiger partial charge in [0.2, 0.25) is 0 Å². The second-order valence-electron chi connectivity index (χ2n) is 5.70. The molecule has 1 aliphatic rings. The Morgan fingerprint density at radius 3 is 2.68 bits per heavy atom. The summed E-state index contributed by atoms with van der Waals surface area (Å²) in [5, 5.41) is 5.82. The van der Waals surface area contributed by atoms with E-state index >= 15 is 0 Å². The van der Waals surface area contributed by atoms with Crippen LogP contribution in [0.2, 0.25) is 0 Å². The molecule has 0 saturated heterocycles. The number of nitrogens with zero attached hydrogens (tertiary/aromatic N) is 1. The molecule has 0 bridgehead atoms. The first-order valence-corrected chi connectivity index (χ1v) is 7.14. The molecule has 1 saturated carbocycles. The van der Waals surface area contributed by atoms with Gasteiger partial charge in [0.15, 0.2) is 0 Å². The number of pyridine rings is 1. The lowest BCUT2D eigenvalue weighted by Crippen LogP contribution is -2.25. The van der Waals surface area contributed by atoms with Crippen LogP contribution in [-0.2, 0) is 0 Å². The van der Waals surface area contributed by atoms with Gasteiger partial charge in [-0.25, -0.2) is 4.98 Å². The number of nitrogen functional groups attached to an aromatic ring is 1. The minimum absolute atomic E-state index is 0.552. The minimum Gasteiger partial charge on any atom is -0.398 e. The molecular weight excluding hydrogens is 234 g/mol. The quantitative estimate of drug-likeness (QED) is 0.802. The Bertz CT molecular complexity index is 571. The largest absolute Gasteiger partial charge is 0.398 e. The highest BCUT2D eigenvalue weighted by atomic mass is 15.0. The fourth-order valence-corrected chi connectivity index (χ4v) is 2.94. The van der Waals surface area contributed by atoms with Gasteiger partial charge in [0.25, 0.3) is 0 Å². The predicted octanol–water partition coefficient (Wildman–Crippen LogP) is 3.81. The van der Waals surface area contributed by atoms with E-state index in [1.807, 2.05) is 24.4 Å². The lowest BCUT2D eigenvalue weighted by Gasteiger charge is -2.27. The van der Waals surface area contributed by atoms with E-state index in [0.29, 0.717) is 6.04 Å². The molecule has 1 fully saturated rings. The number of benzene rings is 1. The van der Waals surface area contributed by atoms with Crippen molar-refractivity contribution in [2.45, 2.75) is 38.6 Å². The molecule has 1 aliphatic carbocycles. The normalized spacial score (nSPS) is 23.4. The van der Waals surface area contributed by atoms with E-state index < -0.39 is 0 Å². The highest BCUT2D eigenvalue weighted by Crippen LogP contribution is 2.29. The van der Waals surface area contributed by atoms with Crippen molar-refractivity contribution < 1.29 is 0 Å². The topological polar surface area (TPSA) is 50.9 Å². The standard InChI is InChI=1S/C16H21N3/c1-11-5-7-12(8-6-11)19-16-14-3-2-4-15(17)13(14)9-10-18-16/h2-4,9-12H,5-8,17H2,1H3,(H,18,19). The summed E-state index contributed by atoms with van der Waals surface area (Å²) in [4.78, 5) is 4.49. The molecule has 3 nitrogen and oxygen atoms in total. The van der Waals surface area contributed by atoms with Crippen molar-refractivity contribution in [2.75, 3.05) is 11.1 Å². The van der Waals surface area contributed by atoms with E-state index in [-0.39, 0.29) is 0 Å². The van der Waals surface area contributed by atoms with Crippen molar-refractivity contribution in [1.29, 1.82) is 0 Å². The summed E-state index contributed by atoms with van der Waals surface area (Å²) in [6, 6.07) is 8.56. The molecular formula is C16H21N3. The zero-order valence-electron chi connectivity index (χ0n) is 11.4. The van der Waals surface area contributed by atoms with E-state index in [4.69, 9.17) is 5.73 Å². The summed E-state index contributed by atoms with van der Waals surface area (Å²) in [5.74, 6) is 1.85. The molecule has 1 aromatic heterocycles. The second kappa shape index (κ2) is 5.08. The average molecular weight is 255 g/mol. The number of fused-ring (bicyclic) bond motifs is 1. The lowest BCUT2D eigenvalue weighted by atomic mass is 9.87. The lowest BCUT2D eigenvalue weighted by molar-refractivity contribution is 0.361. The molecule has 19 heavy (non-hydrogen) atoms. The number of aromatic nitrogens is 1. The molecule has 2 aromatic rings. The van der Waals surface area contributed by atoms with Gasteiger partial charge in [0.05, 0.1) is 0 Å². The smallest absolute Gasteiger partial charge is 0.134 e. The van der Waals surface area contributed by atoms with Gasteiger partial charge in [0, 0.05) is 28.7 Å². The van der Waals surface area contributed by atoms with Gasteiger partial charge in [-0.2, -0.15) is 0 Å². The van der Waals surface area contributed by atoms with Crippen LogP contribution in [0.25, 0.3) is 10.8 Å². The van der Waals surface area contributed by atoms with Crippen LogP contribution < -0.4 is 11.1 Å². The fraction of sp³-hybridized carbons (Fsp3) is 0.438. The number of rotatable bonds is 2. The number of anilines is 2. The molecule has 3 rings (SSSR count). The molecule has 0 spiro atoms. The maximum atomic E-state index is 6.02. The third kappa shape index (κ3) is 2.50. The zero-order valence-corrected chi connectivity index (χ0v) is 11.4. The zero-order chi connectivity index (χ0) is 13.2. The van der Waals surface area contributed by atoms with Crippen LogP contribution in [0.5, 0.6) is 0 Å². The molecule has 0 unspecified atom stereocenters. The Balaban J connectivity index is 1.87. The van der Waals surface area contributed by atoms with E-state index in [9.17, 15) is 0 Å². The highest BCUT2D eigenvalue weighted by Gasteiger charge is 2.18. The summed E-state index contributed by atoms with van der Waals surface area (Å²) in [7, 11) is 0. The van der Waals surface area contributed by atoms with Crippen molar-refractivity contribution in [3.05, 3.63) is 30.5 Å². The van der Waals surface area contributed by atoms with Gasteiger partial charge in [-0.1, -0.05) is 19.1 Å². The van der Waals surface area contributed by atoms with Gasteiger partial charge in [-0.05, 0) is 43.7 Å². The maximum Gasteiger partial charge on any atom is 0.134 e. The van der Waals surface area contributed by atoms with Crippen LogP contribution in [0.15, 0.2) is 30.5 Å². The number of nitrogens with one attached hydrogen (secondary N) is 1. The SMILES string of the molecule is CC1CCC(Nc2nccc3c(N)cccc23)CC1.